The number of amides is 1. The topological polar surface area (TPSA) is 95.7 Å². The third-order valence-electron chi connectivity index (χ3n) is 2.32. The fourth-order valence-corrected chi connectivity index (χ4v) is 1.44. The monoisotopic (exact) mass is 237 g/mol. The molecule has 0 aliphatic carbocycles. The molecular weight excluding hydrogens is 222 g/mol. The molecule has 0 fully saturated rings. The lowest BCUT2D eigenvalue weighted by Crippen LogP contribution is -2.33. The first-order chi connectivity index (χ1) is 7.95. The van der Waals surface area contributed by atoms with E-state index >= 15 is 0 Å². The van der Waals surface area contributed by atoms with Crippen molar-refractivity contribution < 1.29 is 14.7 Å². The van der Waals surface area contributed by atoms with Crippen LogP contribution in [0.5, 0.6) is 0 Å². The number of nitrogens with one attached hydrogen (secondary N) is 1. The summed E-state index contributed by atoms with van der Waals surface area (Å²) in [4.78, 5) is 23.8. The van der Waals surface area contributed by atoms with Gasteiger partial charge in [0.1, 0.15) is 0 Å². The van der Waals surface area contributed by atoms with E-state index in [1.807, 2.05) is 0 Å². The highest BCUT2D eigenvalue weighted by Gasteiger charge is 2.15. The number of hydrogen-bond acceptors (Lipinski definition) is 4. The van der Waals surface area contributed by atoms with E-state index in [1.165, 1.54) is 13.1 Å². The number of benzene rings is 1. The molecule has 0 aromatic heterocycles. The summed E-state index contributed by atoms with van der Waals surface area (Å²) in [6.07, 6.45) is 0. The number of carboxylic acids is 1. The molecular formula is C11H15N3O3. The van der Waals surface area contributed by atoms with Gasteiger partial charge in [0.05, 0.1) is 17.8 Å². The Morgan fingerprint density at radius 2 is 2.12 bits per heavy atom. The molecule has 0 aliphatic heterocycles. The second-order valence-electron chi connectivity index (χ2n) is 3.61. The van der Waals surface area contributed by atoms with E-state index in [0.717, 1.165) is 0 Å². The second-order valence-corrected chi connectivity index (χ2v) is 3.61. The van der Waals surface area contributed by atoms with Gasteiger partial charge in [0.15, 0.2) is 0 Å². The number of aromatic carboxylic acids is 1. The minimum absolute atomic E-state index is 0.0800. The molecule has 1 aromatic carbocycles. The van der Waals surface area contributed by atoms with Crippen molar-refractivity contribution in [2.75, 3.05) is 31.3 Å². The molecule has 17 heavy (non-hydrogen) atoms. The summed E-state index contributed by atoms with van der Waals surface area (Å²) in [6.45, 7) is 0.0840. The number of likely N-dealkylation sites (N-methyl/N-ethyl adjacent to an activating group) is 2. The van der Waals surface area contributed by atoms with Gasteiger partial charge >= 0.3 is 5.97 Å². The summed E-state index contributed by atoms with van der Waals surface area (Å²) in [5.41, 5.74) is 6.44. The fourth-order valence-electron chi connectivity index (χ4n) is 1.44. The van der Waals surface area contributed by atoms with Crippen molar-refractivity contribution in [3.8, 4) is 0 Å². The highest BCUT2D eigenvalue weighted by atomic mass is 16.4. The van der Waals surface area contributed by atoms with Crippen LogP contribution in [0.25, 0.3) is 0 Å². The fraction of sp³-hybridized carbons (Fsp3) is 0.273. The Labute approximate surface area is 99.0 Å². The highest BCUT2D eigenvalue weighted by Crippen LogP contribution is 2.22. The zero-order valence-corrected chi connectivity index (χ0v) is 9.73. The van der Waals surface area contributed by atoms with Crippen LogP contribution in [0.15, 0.2) is 18.2 Å². The molecule has 0 bridgehead atoms. The average Bonchev–Trinajstić information content (AvgIpc) is 2.28. The number of carbonyl (C=O) groups excluding carboxylic acids is 1. The molecule has 0 heterocycles. The first-order valence-corrected chi connectivity index (χ1v) is 5.00. The maximum Gasteiger partial charge on any atom is 0.337 e. The first-order valence-electron chi connectivity index (χ1n) is 5.00. The average molecular weight is 237 g/mol. The molecule has 0 atom stereocenters. The van der Waals surface area contributed by atoms with Crippen molar-refractivity contribution in [1.82, 2.24) is 5.32 Å². The quantitative estimate of drug-likeness (QED) is 0.648. The Balaban J connectivity index is 3.04. The minimum Gasteiger partial charge on any atom is -0.478 e. The van der Waals surface area contributed by atoms with E-state index in [2.05, 4.69) is 5.32 Å². The molecule has 0 radical (unpaired) electrons. The zero-order valence-electron chi connectivity index (χ0n) is 9.73. The van der Waals surface area contributed by atoms with Crippen LogP contribution in [0, 0.1) is 0 Å². The Morgan fingerprint density at radius 1 is 1.47 bits per heavy atom. The van der Waals surface area contributed by atoms with Gasteiger partial charge in [-0.1, -0.05) is 0 Å². The molecule has 6 heteroatoms. The Morgan fingerprint density at radius 3 is 2.65 bits per heavy atom. The molecule has 4 N–H and O–H groups in total. The van der Waals surface area contributed by atoms with Gasteiger partial charge in [0.2, 0.25) is 5.91 Å². The second kappa shape index (κ2) is 5.20. The molecule has 0 unspecified atom stereocenters. The number of carboxylic acid groups (broad SMARTS) is 1. The molecule has 6 nitrogen and oxygen atoms in total. The Bertz CT molecular complexity index is 446. The van der Waals surface area contributed by atoms with E-state index < -0.39 is 5.97 Å². The van der Waals surface area contributed by atoms with Gasteiger partial charge in [-0.05, 0) is 18.2 Å². The number of rotatable bonds is 4. The Kier molecular flexibility index (Phi) is 3.92. The van der Waals surface area contributed by atoms with Crippen LogP contribution in [-0.2, 0) is 4.79 Å². The smallest absolute Gasteiger partial charge is 0.337 e. The van der Waals surface area contributed by atoms with Crippen LogP contribution in [-0.4, -0.2) is 37.6 Å². The van der Waals surface area contributed by atoms with Crippen LogP contribution >= 0.6 is 0 Å². The first kappa shape index (κ1) is 12.8. The predicted molar refractivity (Wildman–Crippen MR) is 65.2 cm³/mol. The number of hydrogen-bond donors (Lipinski definition) is 3. The van der Waals surface area contributed by atoms with Crippen molar-refractivity contribution in [3.05, 3.63) is 23.8 Å². The maximum absolute atomic E-state index is 11.2. The standard InChI is InChI=1S/C11H15N3O3/c1-13-10(15)6-14(2)9-4-3-7(12)5-8(9)11(16)17/h3-5H,6,12H2,1-2H3,(H,13,15)(H,16,17). The van der Waals surface area contributed by atoms with Crippen molar-refractivity contribution in [3.63, 3.8) is 0 Å². The number of carbonyl (C=O) groups is 2. The van der Waals surface area contributed by atoms with Gasteiger partial charge in [0.25, 0.3) is 0 Å². The van der Waals surface area contributed by atoms with Gasteiger partial charge in [-0.3, -0.25) is 4.79 Å². The van der Waals surface area contributed by atoms with Gasteiger partial charge in [-0.2, -0.15) is 0 Å². The van der Waals surface area contributed by atoms with Gasteiger partial charge in [0, 0.05) is 19.8 Å². The maximum atomic E-state index is 11.2. The molecule has 1 rings (SSSR count). The lowest BCUT2D eigenvalue weighted by Gasteiger charge is -2.20. The normalized spacial score (nSPS) is 9.76. The van der Waals surface area contributed by atoms with Gasteiger partial charge in [-0.15, -0.1) is 0 Å². The van der Waals surface area contributed by atoms with E-state index in [4.69, 9.17) is 10.8 Å². The highest BCUT2D eigenvalue weighted by molar-refractivity contribution is 5.96. The van der Waals surface area contributed by atoms with Crippen LogP contribution in [0.1, 0.15) is 10.4 Å². The molecule has 0 saturated heterocycles. The lowest BCUT2D eigenvalue weighted by molar-refractivity contribution is -0.119. The SMILES string of the molecule is CNC(=O)CN(C)c1ccc(N)cc1C(=O)O. The number of nitrogens with zero attached hydrogens (tertiary/aromatic N) is 1. The van der Waals surface area contributed by atoms with Crippen molar-refractivity contribution in [2.24, 2.45) is 0 Å². The van der Waals surface area contributed by atoms with Crippen LogP contribution in [0.4, 0.5) is 11.4 Å². The Hall–Kier alpha value is -2.24. The summed E-state index contributed by atoms with van der Waals surface area (Å²) in [5.74, 6) is -1.27. The van der Waals surface area contributed by atoms with Crippen molar-refractivity contribution in [1.29, 1.82) is 0 Å². The summed E-state index contributed by atoms with van der Waals surface area (Å²) in [7, 11) is 3.17. The van der Waals surface area contributed by atoms with E-state index in [0.29, 0.717) is 11.4 Å². The number of nitrogens with two attached hydrogens (primary N) is 1. The summed E-state index contributed by atoms with van der Waals surface area (Å²) in [6, 6.07) is 4.56. The number of nitrogen functional groups attached to an aromatic ring is 1. The third-order valence-corrected chi connectivity index (χ3v) is 2.32. The van der Waals surface area contributed by atoms with Crippen LogP contribution in [0.3, 0.4) is 0 Å². The summed E-state index contributed by atoms with van der Waals surface area (Å²) >= 11 is 0. The molecule has 0 saturated carbocycles. The van der Waals surface area contributed by atoms with Crippen LogP contribution in [0.2, 0.25) is 0 Å². The molecule has 92 valence electrons. The molecule has 0 spiro atoms. The van der Waals surface area contributed by atoms with Gasteiger partial charge < -0.3 is 21.1 Å². The van der Waals surface area contributed by atoms with E-state index in [1.54, 1.807) is 24.1 Å². The lowest BCUT2D eigenvalue weighted by atomic mass is 10.1. The summed E-state index contributed by atoms with van der Waals surface area (Å²) in [5, 5.41) is 11.5. The van der Waals surface area contributed by atoms with E-state index in [-0.39, 0.29) is 18.0 Å². The van der Waals surface area contributed by atoms with Crippen molar-refractivity contribution in [2.45, 2.75) is 0 Å². The van der Waals surface area contributed by atoms with Gasteiger partial charge in [-0.25, -0.2) is 4.79 Å². The molecule has 1 amide bonds. The molecule has 0 aliphatic rings. The van der Waals surface area contributed by atoms with E-state index in [9.17, 15) is 9.59 Å². The minimum atomic E-state index is -1.07. The number of anilines is 2. The third kappa shape index (κ3) is 3.10. The largest absolute Gasteiger partial charge is 0.478 e. The zero-order chi connectivity index (χ0) is 13.0. The predicted octanol–water partition coefficient (Wildman–Crippen LogP) is 0.149. The molecule has 1 aromatic rings. The van der Waals surface area contributed by atoms with Crippen LogP contribution < -0.4 is 16.0 Å². The van der Waals surface area contributed by atoms with Crippen molar-refractivity contribution >= 4 is 23.3 Å². The summed E-state index contributed by atoms with van der Waals surface area (Å²) < 4.78 is 0.